The van der Waals surface area contributed by atoms with Crippen molar-refractivity contribution in [3.8, 4) is 17.1 Å². The molecule has 0 unspecified atom stereocenters. The normalized spacial score (nSPS) is 11.0. The zero-order valence-corrected chi connectivity index (χ0v) is 16.9. The van der Waals surface area contributed by atoms with E-state index in [0.717, 1.165) is 22.3 Å². The van der Waals surface area contributed by atoms with Gasteiger partial charge in [0.15, 0.2) is 11.6 Å². The maximum atomic E-state index is 12.9. The zero-order chi connectivity index (χ0) is 21.4. The van der Waals surface area contributed by atoms with E-state index in [1.807, 2.05) is 50.2 Å². The van der Waals surface area contributed by atoms with Gasteiger partial charge < -0.3 is 9.84 Å². The Labute approximate surface area is 177 Å². The lowest BCUT2D eigenvalue weighted by Crippen LogP contribution is -2.14. The maximum absolute atomic E-state index is 12.9. The van der Waals surface area contributed by atoms with Crippen molar-refractivity contribution < 1.29 is 9.32 Å². The molecule has 8 nitrogen and oxygen atoms in total. The second-order valence-corrected chi connectivity index (χ2v) is 7.16. The third-order valence-electron chi connectivity index (χ3n) is 4.90. The lowest BCUT2D eigenvalue weighted by molar-refractivity contribution is 0.102. The van der Waals surface area contributed by atoms with Crippen molar-refractivity contribution in [3.05, 3.63) is 83.9 Å². The number of aromatic nitrogens is 5. The number of carbonyl (C=O) groups excluding carboxylic acids is 1. The SMILES string of the molecule is Cc1cc(C)n(-c2cc(NC(=O)c3ccc4noc(-c5ccccc5)c4c3)ncn2)n1. The molecule has 2 aromatic carbocycles. The lowest BCUT2D eigenvalue weighted by atomic mass is 10.1. The molecule has 3 heterocycles. The fourth-order valence-electron chi connectivity index (χ4n) is 3.46. The second kappa shape index (κ2) is 7.49. The van der Waals surface area contributed by atoms with E-state index in [4.69, 9.17) is 4.52 Å². The van der Waals surface area contributed by atoms with Crippen LogP contribution < -0.4 is 5.32 Å². The Morgan fingerprint density at radius 1 is 1.00 bits per heavy atom. The number of nitrogens with zero attached hydrogens (tertiary/aromatic N) is 5. The first-order valence-electron chi connectivity index (χ1n) is 9.70. The molecule has 0 fully saturated rings. The van der Waals surface area contributed by atoms with Gasteiger partial charge in [-0.1, -0.05) is 35.5 Å². The first kappa shape index (κ1) is 18.7. The van der Waals surface area contributed by atoms with Crippen LogP contribution in [0, 0.1) is 13.8 Å². The van der Waals surface area contributed by atoms with Gasteiger partial charge >= 0.3 is 0 Å². The summed E-state index contributed by atoms with van der Waals surface area (Å²) in [6.07, 6.45) is 1.40. The Balaban J connectivity index is 1.45. The van der Waals surface area contributed by atoms with E-state index in [1.54, 1.807) is 28.9 Å². The highest BCUT2D eigenvalue weighted by Gasteiger charge is 2.15. The average molecular weight is 410 g/mol. The van der Waals surface area contributed by atoms with E-state index in [1.165, 1.54) is 6.33 Å². The van der Waals surface area contributed by atoms with Crippen LogP contribution in [0.4, 0.5) is 5.82 Å². The summed E-state index contributed by atoms with van der Waals surface area (Å²) < 4.78 is 7.23. The van der Waals surface area contributed by atoms with E-state index < -0.39 is 0 Å². The molecule has 0 spiro atoms. The first-order chi connectivity index (χ1) is 15.1. The van der Waals surface area contributed by atoms with Crippen molar-refractivity contribution in [2.24, 2.45) is 0 Å². The summed E-state index contributed by atoms with van der Waals surface area (Å²) in [6.45, 7) is 3.86. The summed E-state index contributed by atoms with van der Waals surface area (Å²) in [4.78, 5) is 21.3. The molecule has 0 bridgehead atoms. The monoisotopic (exact) mass is 410 g/mol. The van der Waals surface area contributed by atoms with Crippen LogP contribution in [0.25, 0.3) is 28.0 Å². The van der Waals surface area contributed by atoms with Gasteiger partial charge in [0.2, 0.25) is 0 Å². The fraction of sp³-hybridized carbons (Fsp3) is 0.0870. The summed E-state index contributed by atoms with van der Waals surface area (Å²) in [7, 11) is 0. The average Bonchev–Trinajstić information content (AvgIpc) is 3.36. The third kappa shape index (κ3) is 3.55. The minimum absolute atomic E-state index is 0.292. The van der Waals surface area contributed by atoms with Gasteiger partial charge in [-0.25, -0.2) is 14.6 Å². The molecule has 0 atom stereocenters. The highest BCUT2D eigenvalue weighted by Crippen LogP contribution is 2.29. The van der Waals surface area contributed by atoms with Crippen LogP contribution in [-0.2, 0) is 0 Å². The Morgan fingerprint density at radius 2 is 1.84 bits per heavy atom. The van der Waals surface area contributed by atoms with Crippen molar-refractivity contribution in [2.75, 3.05) is 5.32 Å². The lowest BCUT2D eigenvalue weighted by Gasteiger charge is -2.07. The van der Waals surface area contributed by atoms with E-state index in [2.05, 4.69) is 25.5 Å². The number of rotatable bonds is 4. The molecule has 0 aliphatic rings. The van der Waals surface area contributed by atoms with Crippen LogP contribution in [0.2, 0.25) is 0 Å². The Morgan fingerprint density at radius 3 is 2.61 bits per heavy atom. The number of fused-ring (bicyclic) bond motifs is 1. The molecule has 0 saturated carbocycles. The number of hydrogen-bond acceptors (Lipinski definition) is 6. The van der Waals surface area contributed by atoms with Crippen LogP contribution in [-0.4, -0.2) is 30.8 Å². The number of benzene rings is 2. The summed E-state index contributed by atoms with van der Waals surface area (Å²) in [6, 6.07) is 18.5. The van der Waals surface area contributed by atoms with Gasteiger partial charge in [0.1, 0.15) is 17.7 Å². The van der Waals surface area contributed by atoms with Crippen molar-refractivity contribution >= 4 is 22.6 Å². The number of carbonyl (C=O) groups is 1. The van der Waals surface area contributed by atoms with E-state index in [-0.39, 0.29) is 5.91 Å². The molecule has 0 saturated heterocycles. The largest absolute Gasteiger partial charge is 0.355 e. The standard InChI is InChI=1S/C23H18N6O2/c1-14-10-15(2)29(27-14)21-12-20(24-13-25-21)26-23(30)17-8-9-19-18(11-17)22(31-28-19)16-6-4-3-5-7-16/h3-13H,1-2H3,(H,24,25,26,30). The number of nitrogens with one attached hydrogen (secondary N) is 1. The van der Waals surface area contributed by atoms with Crippen molar-refractivity contribution in [1.29, 1.82) is 0 Å². The van der Waals surface area contributed by atoms with Crippen LogP contribution >= 0.6 is 0 Å². The van der Waals surface area contributed by atoms with Crippen molar-refractivity contribution in [3.63, 3.8) is 0 Å². The molecular formula is C23H18N6O2. The molecule has 0 aliphatic carbocycles. The number of aryl methyl sites for hydroxylation is 2. The number of amides is 1. The van der Waals surface area contributed by atoms with Gasteiger partial charge in [-0.3, -0.25) is 4.79 Å². The minimum Gasteiger partial charge on any atom is -0.355 e. The van der Waals surface area contributed by atoms with Crippen LogP contribution in [0.3, 0.4) is 0 Å². The maximum Gasteiger partial charge on any atom is 0.256 e. The summed E-state index contributed by atoms with van der Waals surface area (Å²) >= 11 is 0. The topological polar surface area (TPSA) is 98.7 Å². The summed E-state index contributed by atoms with van der Waals surface area (Å²) in [5.41, 5.74) is 3.88. The quantitative estimate of drug-likeness (QED) is 0.473. The zero-order valence-electron chi connectivity index (χ0n) is 16.9. The van der Waals surface area contributed by atoms with Gasteiger partial charge in [0.25, 0.3) is 5.91 Å². The van der Waals surface area contributed by atoms with Crippen LogP contribution in [0.5, 0.6) is 0 Å². The predicted octanol–water partition coefficient (Wildman–Crippen LogP) is 4.34. The Hall–Kier alpha value is -4.33. The molecule has 0 radical (unpaired) electrons. The van der Waals surface area contributed by atoms with E-state index in [9.17, 15) is 4.79 Å². The molecule has 1 N–H and O–H groups in total. The molecule has 3 aromatic heterocycles. The number of anilines is 1. The van der Waals surface area contributed by atoms with Gasteiger partial charge in [-0.2, -0.15) is 5.10 Å². The third-order valence-corrected chi connectivity index (χ3v) is 4.90. The van der Waals surface area contributed by atoms with Crippen molar-refractivity contribution in [1.82, 2.24) is 24.9 Å². The van der Waals surface area contributed by atoms with Gasteiger partial charge in [0, 0.05) is 22.9 Å². The van der Waals surface area contributed by atoms with E-state index in [0.29, 0.717) is 28.5 Å². The first-order valence-corrected chi connectivity index (χ1v) is 9.70. The molecule has 5 rings (SSSR count). The molecule has 8 heteroatoms. The molecular weight excluding hydrogens is 392 g/mol. The number of hydrogen-bond donors (Lipinski definition) is 1. The second-order valence-electron chi connectivity index (χ2n) is 7.16. The van der Waals surface area contributed by atoms with Gasteiger partial charge in [-0.05, 0) is 38.1 Å². The van der Waals surface area contributed by atoms with Crippen LogP contribution in [0.15, 0.2) is 71.5 Å². The Kier molecular flexibility index (Phi) is 4.51. The fourth-order valence-corrected chi connectivity index (χ4v) is 3.46. The molecule has 0 aliphatic heterocycles. The molecule has 5 aromatic rings. The molecule has 1 amide bonds. The highest BCUT2D eigenvalue weighted by molar-refractivity contribution is 6.07. The molecule has 152 valence electrons. The minimum atomic E-state index is -0.292. The Bertz CT molecular complexity index is 1400. The smallest absolute Gasteiger partial charge is 0.256 e. The summed E-state index contributed by atoms with van der Waals surface area (Å²) in [5.74, 6) is 1.30. The highest BCUT2D eigenvalue weighted by atomic mass is 16.5. The van der Waals surface area contributed by atoms with Gasteiger partial charge in [-0.15, -0.1) is 0 Å². The van der Waals surface area contributed by atoms with Gasteiger partial charge in [0.05, 0.1) is 11.1 Å². The van der Waals surface area contributed by atoms with E-state index >= 15 is 0 Å². The van der Waals surface area contributed by atoms with Crippen LogP contribution in [0.1, 0.15) is 21.7 Å². The predicted molar refractivity (Wildman–Crippen MR) is 116 cm³/mol. The summed E-state index contributed by atoms with van der Waals surface area (Å²) in [5, 5.41) is 12.1. The van der Waals surface area contributed by atoms with Crippen molar-refractivity contribution in [2.45, 2.75) is 13.8 Å². The molecule has 31 heavy (non-hydrogen) atoms.